The van der Waals surface area contributed by atoms with Gasteiger partial charge in [0.05, 0.1) is 11.6 Å². The number of alkyl halides is 3. The molecule has 0 aliphatic carbocycles. The second-order valence-corrected chi connectivity index (χ2v) is 3.69. The van der Waals surface area contributed by atoms with E-state index >= 15 is 0 Å². The van der Waals surface area contributed by atoms with E-state index in [1.165, 1.54) is 19.1 Å². The fraction of sp³-hybridized carbons (Fsp3) is 0.308. The van der Waals surface area contributed by atoms with Crippen LogP contribution < -0.4 is 5.32 Å². The van der Waals surface area contributed by atoms with Crippen molar-refractivity contribution in [3.8, 4) is 11.8 Å². The minimum absolute atomic E-state index is 0.388. The van der Waals surface area contributed by atoms with E-state index in [9.17, 15) is 18.0 Å². The van der Waals surface area contributed by atoms with E-state index in [4.69, 9.17) is 0 Å². The van der Waals surface area contributed by atoms with Gasteiger partial charge in [-0.15, -0.1) is 0 Å². The summed E-state index contributed by atoms with van der Waals surface area (Å²) < 4.78 is 37.0. The zero-order chi connectivity index (χ0) is 13.8. The van der Waals surface area contributed by atoms with Crippen LogP contribution in [0.15, 0.2) is 24.3 Å². The quantitative estimate of drug-likeness (QED) is 0.809. The minimum Gasteiger partial charge on any atom is -0.339 e. The largest absolute Gasteiger partial charge is 0.416 e. The van der Waals surface area contributed by atoms with Crippen LogP contribution in [0.5, 0.6) is 0 Å². The Kier molecular flexibility index (Phi) is 4.38. The van der Waals surface area contributed by atoms with Gasteiger partial charge in [0.2, 0.25) is 0 Å². The standard InChI is InChI=1S/C13H12F3NO/c1-3-4-12(18)17-9(2)10-5-7-11(8-6-10)13(14,15)16/h5-9H,1-2H3,(H,17,18)/t9-/m1/s1. The Balaban J connectivity index is 2.78. The molecule has 0 saturated carbocycles. The van der Waals surface area contributed by atoms with Gasteiger partial charge in [-0.05, 0) is 37.5 Å². The van der Waals surface area contributed by atoms with Crippen LogP contribution >= 0.6 is 0 Å². The Morgan fingerprint density at radius 2 is 1.83 bits per heavy atom. The number of hydrogen-bond acceptors (Lipinski definition) is 1. The first kappa shape index (κ1) is 14.1. The Hall–Kier alpha value is -1.96. The number of carbonyl (C=O) groups excluding carboxylic acids is 1. The van der Waals surface area contributed by atoms with Crippen LogP contribution in [0.3, 0.4) is 0 Å². The summed E-state index contributed by atoms with van der Waals surface area (Å²) in [5.74, 6) is 4.29. The van der Waals surface area contributed by atoms with Crippen LogP contribution in [0, 0.1) is 11.8 Å². The van der Waals surface area contributed by atoms with Crippen LogP contribution in [0.1, 0.15) is 31.0 Å². The lowest BCUT2D eigenvalue weighted by atomic mass is 10.1. The molecule has 0 radical (unpaired) electrons. The third-order valence-corrected chi connectivity index (χ3v) is 2.32. The molecule has 1 atom stereocenters. The molecule has 2 nitrogen and oxygen atoms in total. The smallest absolute Gasteiger partial charge is 0.339 e. The first-order chi connectivity index (χ1) is 8.34. The average Bonchev–Trinajstić information content (AvgIpc) is 2.28. The molecule has 1 rings (SSSR count). The summed E-state index contributed by atoms with van der Waals surface area (Å²) in [5.41, 5.74) is -0.118. The van der Waals surface area contributed by atoms with Gasteiger partial charge < -0.3 is 5.32 Å². The van der Waals surface area contributed by atoms with E-state index in [1.54, 1.807) is 6.92 Å². The van der Waals surface area contributed by atoms with Crippen molar-refractivity contribution in [2.75, 3.05) is 0 Å². The number of amides is 1. The normalized spacial score (nSPS) is 12.3. The molecule has 96 valence electrons. The van der Waals surface area contributed by atoms with E-state index in [-0.39, 0.29) is 6.04 Å². The molecule has 0 saturated heterocycles. The van der Waals surface area contributed by atoms with Gasteiger partial charge in [-0.25, -0.2) is 0 Å². The lowest BCUT2D eigenvalue weighted by Crippen LogP contribution is -2.25. The summed E-state index contributed by atoms with van der Waals surface area (Å²) in [7, 11) is 0. The molecular weight excluding hydrogens is 243 g/mol. The molecule has 0 unspecified atom stereocenters. The molecule has 5 heteroatoms. The molecule has 0 aliphatic heterocycles. The van der Waals surface area contributed by atoms with E-state index in [0.29, 0.717) is 5.56 Å². The zero-order valence-electron chi connectivity index (χ0n) is 9.93. The first-order valence-electron chi connectivity index (χ1n) is 5.25. The lowest BCUT2D eigenvalue weighted by molar-refractivity contribution is -0.137. The SMILES string of the molecule is CC#CC(=O)N[C@H](C)c1ccc(C(F)(F)F)cc1. The minimum atomic E-state index is -4.35. The van der Waals surface area contributed by atoms with Crippen molar-refractivity contribution >= 4 is 5.91 Å². The highest BCUT2D eigenvalue weighted by Gasteiger charge is 2.30. The van der Waals surface area contributed by atoms with Crippen molar-refractivity contribution in [3.05, 3.63) is 35.4 Å². The molecule has 0 bridgehead atoms. The maximum Gasteiger partial charge on any atom is 0.416 e. The fourth-order valence-corrected chi connectivity index (χ4v) is 1.39. The highest BCUT2D eigenvalue weighted by molar-refractivity contribution is 5.93. The molecule has 1 aromatic rings. The summed E-state index contributed by atoms with van der Waals surface area (Å²) in [6.45, 7) is 3.21. The van der Waals surface area contributed by atoms with Crippen molar-refractivity contribution < 1.29 is 18.0 Å². The average molecular weight is 255 g/mol. The molecule has 0 aromatic heterocycles. The van der Waals surface area contributed by atoms with Crippen molar-refractivity contribution in [1.82, 2.24) is 5.32 Å². The molecule has 18 heavy (non-hydrogen) atoms. The van der Waals surface area contributed by atoms with Gasteiger partial charge in [-0.3, -0.25) is 4.79 Å². The summed E-state index contributed by atoms with van der Waals surface area (Å²) in [6, 6.07) is 4.27. The maximum atomic E-state index is 12.3. The lowest BCUT2D eigenvalue weighted by Gasteiger charge is -2.13. The Bertz CT molecular complexity index is 480. The van der Waals surface area contributed by atoms with Gasteiger partial charge in [-0.2, -0.15) is 13.2 Å². The van der Waals surface area contributed by atoms with Gasteiger partial charge >= 0.3 is 6.18 Å². The van der Waals surface area contributed by atoms with Gasteiger partial charge in [0.1, 0.15) is 0 Å². The number of hydrogen-bond donors (Lipinski definition) is 1. The van der Waals surface area contributed by atoms with Crippen LogP contribution in [-0.4, -0.2) is 5.91 Å². The second kappa shape index (κ2) is 5.58. The van der Waals surface area contributed by atoms with E-state index in [2.05, 4.69) is 17.2 Å². The van der Waals surface area contributed by atoms with Crippen LogP contribution in [0.4, 0.5) is 13.2 Å². The second-order valence-electron chi connectivity index (χ2n) is 3.69. The van der Waals surface area contributed by atoms with Crippen molar-refractivity contribution in [2.24, 2.45) is 0 Å². The van der Waals surface area contributed by atoms with Gasteiger partial charge in [0, 0.05) is 0 Å². The van der Waals surface area contributed by atoms with E-state index in [1.807, 2.05) is 0 Å². The third kappa shape index (κ3) is 3.81. The molecule has 1 N–H and O–H groups in total. The van der Waals surface area contributed by atoms with Crippen molar-refractivity contribution in [2.45, 2.75) is 26.1 Å². The zero-order valence-corrected chi connectivity index (χ0v) is 9.93. The monoisotopic (exact) mass is 255 g/mol. The molecule has 0 spiro atoms. The number of carbonyl (C=O) groups is 1. The van der Waals surface area contributed by atoms with Crippen molar-refractivity contribution in [1.29, 1.82) is 0 Å². The highest BCUT2D eigenvalue weighted by atomic mass is 19.4. The molecule has 0 fully saturated rings. The summed E-state index contributed by atoms with van der Waals surface area (Å²) in [5, 5.41) is 2.56. The molecular formula is C13H12F3NO. The third-order valence-electron chi connectivity index (χ3n) is 2.32. The summed E-state index contributed by atoms with van der Waals surface area (Å²) in [6.07, 6.45) is -4.35. The molecule has 1 amide bonds. The summed E-state index contributed by atoms with van der Waals surface area (Å²) in [4.78, 5) is 11.2. The van der Waals surface area contributed by atoms with Crippen molar-refractivity contribution in [3.63, 3.8) is 0 Å². The number of benzene rings is 1. The van der Waals surface area contributed by atoms with Crippen LogP contribution in [0.2, 0.25) is 0 Å². The van der Waals surface area contributed by atoms with Gasteiger partial charge in [-0.1, -0.05) is 18.1 Å². The molecule has 0 heterocycles. The summed E-state index contributed by atoms with van der Waals surface area (Å²) >= 11 is 0. The van der Waals surface area contributed by atoms with Gasteiger partial charge in [0.15, 0.2) is 0 Å². The Morgan fingerprint density at radius 3 is 2.28 bits per heavy atom. The number of rotatable bonds is 2. The van der Waals surface area contributed by atoms with Crippen LogP contribution in [-0.2, 0) is 11.0 Å². The van der Waals surface area contributed by atoms with Crippen LogP contribution in [0.25, 0.3) is 0 Å². The molecule has 0 aliphatic rings. The predicted octanol–water partition coefficient (Wildman–Crippen LogP) is 2.91. The predicted molar refractivity (Wildman–Crippen MR) is 61.5 cm³/mol. The number of halogens is 3. The maximum absolute atomic E-state index is 12.3. The van der Waals surface area contributed by atoms with E-state index < -0.39 is 17.6 Å². The highest BCUT2D eigenvalue weighted by Crippen LogP contribution is 2.29. The number of nitrogens with one attached hydrogen (secondary N) is 1. The van der Waals surface area contributed by atoms with Gasteiger partial charge in [0.25, 0.3) is 5.91 Å². The Morgan fingerprint density at radius 1 is 1.28 bits per heavy atom. The first-order valence-corrected chi connectivity index (χ1v) is 5.25. The molecule has 1 aromatic carbocycles. The fourth-order valence-electron chi connectivity index (χ4n) is 1.39. The Labute approximate surface area is 103 Å². The van der Waals surface area contributed by atoms with E-state index in [0.717, 1.165) is 12.1 Å². The topological polar surface area (TPSA) is 29.1 Å².